The van der Waals surface area contributed by atoms with Crippen molar-refractivity contribution in [2.24, 2.45) is 0 Å². The molecule has 21 heavy (non-hydrogen) atoms. The smallest absolute Gasteiger partial charge is 0.129 e. The van der Waals surface area contributed by atoms with Crippen molar-refractivity contribution in [3.05, 3.63) is 53.7 Å². The van der Waals surface area contributed by atoms with Crippen LogP contribution in [-0.4, -0.2) is 24.6 Å². The van der Waals surface area contributed by atoms with Gasteiger partial charge in [-0.2, -0.15) is 5.26 Å². The van der Waals surface area contributed by atoms with Gasteiger partial charge in [-0.25, -0.2) is 4.98 Å². The van der Waals surface area contributed by atoms with Crippen molar-refractivity contribution in [2.75, 3.05) is 23.4 Å². The average Bonchev–Trinajstić information content (AvgIpc) is 2.64. The van der Waals surface area contributed by atoms with E-state index in [4.69, 9.17) is 5.26 Å². The molecule has 0 fully saturated rings. The maximum absolute atomic E-state index is 8.89. The Morgan fingerprint density at radius 3 is 2.76 bits per heavy atom. The molecule has 4 nitrogen and oxygen atoms in total. The molecule has 0 bridgehead atoms. The number of aromatic nitrogens is 1. The predicted molar refractivity (Wildman–Crippen MR) is 84.3 cm³/mol. The van der Waals surface area contributed by atoms with Gasteiger partial charge in [0.15, 0.2) is 0 Å². The molecule has 3 rings (SSSR count). The van der Waals surface area contributed by atoms with Crippen LogP contribution in [0.4, 0.5) is 11.5 Å². The van der Waals surface area contributed by atoms with Gasteiger partial charge in [-0.3, -0.25) is 0 Å². The van der Waals surface area contributed by atoms with Crippen LogP contribution < -0.4 is 9.80 Å². The summed E-state index contributed by atoms with van der Waals surface area (Å²) >= 11 is 0. The number of hydrogen-bond acceptors (Lipinski definition) is 4. The van der Waals surface area contributed by atoms with Gasteiger partial charge in [0.2, 0.25) is 0 Å². The molecule has 2 heterocycles. The summed E-state index contributed by atoms with van der Waals surface area (Å²) in [6.45, 7) is 3.99. The van der Waals surface area contributed by atoms with E-state index in [-0.39, 0.29) is 0 Å². The van der Waals surface area contributed by atoms with Crippen molar-refractivity contribution in [2.45, 2.75) is 19.5 Å². The highest BCUT2D eigenvalue weighted by Gasteiger charge is 2.23. The topological polar surface area (TPSA) is 43.2 Å². The van der Waals surface area contributed by atoms with Crippen LogP contribution in [0.5, 0.6) is 0 Å². The Balaban J connectivity index is 1.97. The molecule has 0 amide bonds. The second kappa shape index (κ2) is 5.45. The lowest BCUT2D eigenvalue weighted by Crippen LogP contribution is -2.38. The summed E-state index contributed by atoms with van der Waals surface area (Å²) in [5.74, 6) is 0.923. The number of pyridine rings is 1. The number of fused-ring (bicyclic) bond motifs is 1. The van der Waals surface area contributed by atoms with Gasteiger partial charge in [0.1, 0.15) is 11.9 Å². The molecule has 0 spiro atoms. The maximum atomic E-state index is 8.89. The van der Waals surface area contributed by atoms with E-state index in [9.17, 15) is 0 Å². The van der Waals surface area contributed by atoms with Crippen LogP contribution in [0.2, 0.25) is 0 Å². The normalized spacial score (nSPS) is 17.9. The Hall–Kier alpha value is -2.54. The molecule has 1 aromatic heterocycles. The minimum absolute atomic E-state index is 0.350. The van der Waals surface area contributed by atoms with E-state index < -0.39 is 0 Å². The summed E-state index contributed by atoms with van der Waals surface area (Å²) in [7, 11) is 2.13. The molecular formula is C17H18N4. The van der Waals surface area contributed by atoms with Gasteiger partial charge in [-0.1, -0.05) is 18.2 Å². The molecule has 0 aliphatic carbocycles. The minimum atomic E-state index is 0.350. The van der Waals surface area contributed by atoms with Crippen molar-refractivity contribution in [3.8, 4) is 6.07 Å². The Labute approximate surface area is 125 Å². The lowest BCUT2D eigenvalue weighted by Gasteiger charge is -2.29. The minimum Gasteiger partial charge on any atom is -0.372 e. The average molecular weight is 278 g/mol. The zero-order chi connectivity index (χ0) is 14.8. The number of benzene rings is 1. The van der Waals surface area contributed by atoms with Gasteiger partial charge < -0.3 is 9.80 Å². The second-order valence-electron chi connectivity index (χ2n) is 5.50. The number of nitriles is 1. The number of para-hydroxylation sites is 1. The first-order chi connectivity index (χ1) is 10.2. The monoisotopic (exact) mass is 278 g/mol. The number of likely N-dealkylation sites (N-methyl/N-ethyl adjacent to an activating group) is 1. The summed E-state index contributed by atoms with van der Waals surface area (Å²) in [5.41, 5.74) is 3.18. The number of anilines is 2. The van der Waals surface area contributed by atoms with Crippen molar-refractivity contribution in [1.82, 2.24) is 4.98 Å². The molecule has 4 heteroatoms. The van der Waals surface area contributed by atoms with E-state index in [2.05, 4.69) is 59.1 Å². The molecule has 0 N–H and O–H groups in total. The van der Waals surface area contributed by atoms with Crippen LogP contribution in [-0.2, 0) is 6.54 Å². The van der Waals surface area contributed by atoms with E-state index in [1.807, 2.05) is 12.1 Å². The van der Waals surface area contributed by atoms with Crippen molar-refractivity contribution in [1.29, 1.82) is 5.26 Å². The number of hydrogen-bond donors (Lipinski definition) is 0. The zero-order valence-corrected chi connectivity index (χ0v) is 12.3. The number of nitrogens with zero attached hydrogens (tertiary/aromatic N) is 4. The molecule has 0 radical (unpaired) electrons. The summed E-state index contributed by atoms with van der Waals surface area (Å²) < 4.78 is 0. The summed E-state index contributed by atoms with van der Waals surface area (Å²) in [5, 5.41) is 8.89. The standard InChI is InChI=1S/C17H18N4/c1-13-11-20(2)16-6-4-3-5-15(16)12-21(13)17-8-7-14(9-18)10-19-17/h3-8,10,13H,11-12H2,1-2H3. The molecule has 2 aromatic rings. The maximum Gasteiger partial charge on any atom is 0.129 e. The fourth-order valence-corrected chi connectivity index (χ4v) is 2.88. The van der Waals surface area contributed by atoms with Crippen LogP contribution in [0, 0.1) is 11.3 Å². The Morgan fingerprint density at radius 2 is 2.05 bits per heavy atom. The van der Waals surface area contributed by atoms with E-state index in [1.54, 1.807) is 6.20 Å². The van der Waals surface area contributed by atoms with Crippen LogP contribution >= 0.6 is 0 Å². The highest BCUT2D eigenvalue weighted by molar-refractivity contribution is 5.57. The summed E-state index contributed by atoms with van der Waals surface area (Å²) in [6, 6.07) is 14.7. The fraction of sp³-hybridized carbons (Fsp3) is 0.294. The van der Waals surface area contributed by atoms with Crippen molar-refractivity contribution in [3.63, 3.8) is 0 Å². The van der Waals surface area contributed by atoms with E-state index in [0.717, 1.165) is 18.9 Å². The van der Waals surface area contributed by atoms with Gasteiger partial charge >= 0.3 is 0 Å². The quantitative estimate of drug-likeness (QED) is 0.804. The van der Waals surface area contributed by atoms with Gasteiger partial charge in [0, 0.05) is 38.1 Å². The summed E-state index contributed by atoms with van der Waals surface area (Å²) in [6.07, 6.45) is 1.64. The van der Waals surface area contributed by atoms with Crippen LogP contribution in [0.25, 0.3) is 0 Å². The Bertz CT molecular complexity index is 672. The van der Waals surface area contributed by atoms with Crippen LogP contribution in [0.15, 0.2) is 42.6 Å². The van der Waals surface area contributed by atoms with Crippen molar-refractivity contribution >= 4 is 11.5 Å². The highest BCUT2D eigenvalue weighted by atomic mass is 15.3. The lowest BCUT2D eigenvalue weighted by atomic mass is 10.1. The van der Waals surface area contributed by atoms with Gasteiger partial charge in [-0.15, -0.1) is 0 Å². The molecule has 1 atom stereocenters. The first kappa shape index (κ1) is 13.4. The second-order valence-corrected chi connectivity index (χ2v) is 5.50. The molecule has 0 saturated carbocycles. The predicted octanol–water partition coefficient (Wildman–Crippen LogP) is 2.80. The first-order valence-electron chi connectivity index (χ1n) is 7.11. The van der Waals surface area contributed by atoms with E-state index in [1.165, 1.54) is 11.3 Å². The molecule has 1 unspecified atom stereocenters. The Kier molecular flexibility index (Phi) is 3.49. The van der Waals surface area contributed by atoms with Crippen molar-refractivity contribution < 1.29 is 0 Å². The largest absolute Gasteiger partial charge is 0.372 e. The van der Waals surface area contributed by atoms with Crippen LogP contribution in [0.1, 0.15) is 18.1 Å². The third kappa shape index (κ3) is 2.55. The SMILES string of the molecule is CC1CN(C)c2ccccc2CN1c1ccc(C#N)cn1. The molecular weight excluding hydrogens is 260 g/mol. The molecule has 106 valence electrons. The first-order valence-corrected chi connectivity index (χ1v) is 7.11. The lowest BCUT2D eigenvalue weighted by molar-refractivity contribution is 0.636. The fourth-order valence-electron chi connectivity index (χ4n) is 2.88. The number of rotatable bonds is 1. The van der Waals surface area contributed by atoms with E-state index >= 15 is 0 Å². The zero-order valence-electron chi connectivity index (χ0n) is 12.3. The van der Waals surface area contributed by atoms with Gasteiger partial charge in [0.05, 0.1) is 5.56 Å². The molecule has 1 aliphatic heterocycles. The Morgan fingerprint density at radius 1 is 1.24 bits per heavy atom. The summed E-state index contributed by atoms with van der Waals surface area (Å²) in [4.78, 5) is 9.04. The molecule has 0 saturated heterocycles. The van der Waals surface area contributed by atoms with Gasteiger partial charge in [-0.05, 0) is 30.7 Å². The molecule has 1 aromatic carbocycles. The van der Waals surface area contributed by atoms with Gasteiger partial charge in [0.25, 0.3) is 0 Å². The third-order valence-corrected chi connectivity index (χ3v) is 3.98. The molecule has 1 aliphatic rings. The van der Waals surface area contributed by atoms with E-state index in [0.29, 0.717) is 11.6 Å². The van der Waals surface area contributed by atoms with Crippen LogP contribution in [0.3, 0.4) is 0 Å². The highest BCUT2D eigenvalue weighted by Crippen LogP contribution is 2.28. The third-order valence-electron chi connectivity index (χ3n) is 3.98.